The molecule has 0 amide bonds. The number of aromatic amines is 1. The van der Waals surface area contributed by atoms with Gasteiger partial charge < -0.3 is 10.4 Å². The minimum Gasteiger partial charge on any atom is -0.391 e. The Kier molecular flexibility index (Phi) is 4.35. The number of aliphatic hydroxyl groups is 1. The molecule has 8 nitrogen and oxygen atoms in total. The Hall–Kier alpha value is -3.21. The van der Waals surface area contributed by atoms with Crippen molar-refractivity contribution < 1.29 is 18.3 Å². The van der Waals surface area contributed by atoms with E-state index in [-0.39, 0.29) is 23.4 Å². The van der Waals surface area contributed by atoms with Gasteiger partial charge in [0.1, 0.15) is 17.0 Å². The molecule has 1 saturated carbocycles. The summed E-state index contributed by atoms with van der Waals surface area (Å²) in [6.07, 6.45) is 0.371. The van der Waals surface area contributed by atoms with E-state index in [4.69, 9.17) is 0 Å². The van der Waals surface area contributed by atoms with E-state index in [9.17, 15) is 18.3 Å². The number of aliphatic hydroxyl groups excluding tert-OH is 1. The number of anilines is 1. The molecular formula is C19H18F3N7O. The van der Waals surface area contributed by atoms with E-state index in [1.54, 1.807) is 28.9 Å². The van der Waals surface area contributed by atoms with Crippen LogP contribution in [-0.2, 0) is 6.18 Å². The van der Waals surface area contributed by atoms with Crippen LogP contribution < -0.4 is 5.32 Å². The first-order valence-electron chi connectivity index (χ1n) is 9.62. The highest BCUT2D eigenvalue weighted by molar-refractivity contribution is 6.02. The summed E-state index contributed by atoms with van der Waals surface area (Å²) in [5.74, 6) is 0.0246. The van der Waals surface area contributed by atoms with Gasteiger partial charge in [-0.05, 0) is 25.0 Å². The van der Waals surface area contributed by atoms with Crippen LogP contribution in [0.4, 0.5) is 19.1 Å². The zero-order valence-corrected chi connectivity index (χ0v) is 15.7. The number of hydrogen-bond acceptors (Lipinski definition) is 6. The van der Waals surface area contributed by atoms with Crippen molar-refractivity contribution in [3.05, 3.63) is 36.2 Å². The fourth-order valence-corrected chi connectivity index (χ4v) is 3.93. The monoisotopic (exact) mass is 417 g/mol. The molecule has 0 unspecified atom stereocenters. The molecular weight excluding hydrogens is 399 g/mol. The number of fused-ring (bicyclic) bond motifs is 3. The molecule has 0 radical (unpaired) electrons. The molecule has 156 valence electrons. The summed E-state index contributed by atoms with van der Waals surface area (Å²) in [4.78, 5) is 8.04. The molecule has 1 fully saturated rings. The van der Waals surface area contributed by atoms with E-state index in [0.29, 0.717) is 29.4 Å². The Morgan fingerprint density at radius 3 is 2.80 bits per heavy atom. The highest BCUT2D eigenvalue weighted by atomic mass is 19.4. The van der Waals surface area contributed by atoms with Crippen LogP contribution in [0.2, 0.25) is 0 Å². The maximum atomic E-state index is 13.7. The van der Waals surface area contributed by atoms with Crippen LogP contribution in [0.5, 0.6) is 0 Å². The summed E-state index contributed by atoms with van der Waals surface area (Å²) in [6, 6.07) is 4.99. The van der Waals surface area contributed by atoms with Gasteiger partial charge in [-0.25, -0.2) is 14.5 Å². The average molecular weight is 417 g/mol. The van der Waals surface area contributed by atoms with Gasteiger partial charge in [0.25, 0.3) is 0 Å². The first-order valence-corrected chi connectivity index (χ1v) is 9.62. The van der Waals surface area contributed by atoms with Gasteiger partial charge >= 0.3 is 6.18 Å². The maximum Gasteiger partial charge on any atom is 0.420 e. The Bertz CT molecular complexity index is 1220. The van der Waals surface area contributed by atoms with Crippen LogP contribution in [0, 0.1) is 0 Å². The largest absolute Gasteiger partial charge is 0.420 e. The van der Waals surface area contributed by atoms with Gasteiger partial charge in [-0.15, -0.1) is 5.10 Å². The van der Waals surface area contributed by atoms with Crippen molar-refractivity contribution in [2.45, 2.75) is 44.0 Å². The lowest BCUT2D eigenvalue weighted by molar-refractivity contribution is -0.137. The van der Waals surface area contributed by atoms with Crippen molar-refractivity contribution in [2.24, 2.45) is 0 Å². The van der Waals surface area contributed by atoms with Crippen LogP contribution in [0.25, 0.3) is 27.9 Å². The quantitative estimate of drug-likeness (QED) is 0.472. The number of alkyl halides is 3. The minimum absolute atomic E-state index is 0.0246. The van der Waals surface area contributed by atoms with Crippen molar-refractivity contribution in [1.29, 1.82) is 0 Å². The molecule has 2 atom stereocenters. The molecule has 4 aromatic heterocycles. The van der Waals surface area contributed by atoms with Gasteiger partial charge in [-0.1, -0.05) is 18.9 Å². The van der Waals surface area contributed by atoms with Crippen molar-refractivity contribution in [2.75, 3.05) is 5.32 Å². The molecule has 0 aromatic carbocycles. The Morgan fingerprint density at radius 1 is 1.17 bits per heavy atom. The lowest BCUT2D eigenvalue weighted by atomic mass is 9.93. The molecule has 0 saturated heterocycles. The van der Waals surface area contributed by atoms with E-state index in [1.165, 1.54) is 0 Å². The summed E-state index contributed by atoms with van der Waals surface area (Å²) >= 11 is 0. The molecule has 1 aliphatic rings. The predicted molar refractivity (Wildman–Crippen MR) is 103 cm³/mol. The highest BCUT2D eigenvalue weighted by Crippen LogP contribution is 2.38. The van der Waals surface area contributed by atoms with Crippen molar-refractivity contribution in [3.63, 3.8) is 0 Å². The number of hydrogen-bond donors (Lipinski definition) is 3. The van der Waals surface area contributed by atoms with Crippen molar-refractivity contribution in [1.82, 2.24) is 29.8 Å². The number of aromatic nitrogens is 6. The van der Waals surface area contributed by atoms with Gasteiger partial charge in [0, 0.05) is 12.4 Å². The molecule has 0 spiro atoms. The van der Waals surface area contributed by atoms with Crippen LogP contribution in [0.1, 0.15) is 31.2 Å². The normalized spacial score (nSPS) is 20.1. The SMILES string of the molecule is O[C@@H]1CCCC[C@H]1Nc1ncc(C(F)(F)F)c(-c2n[nH]c3nn4ccccc4c23)n1. The van der Waals surface area contributed by atoms with Crippen molar-refractivity contribution in [3.8, 4) is 11.4 Å². The number of halogens is 3. The van der Waals surface area contributed by atoms with Crippen molar-refractivity contribution >= 4 is 22.5 Å². The zero-order chi connectivity index (χ0) is 20.9. The molecule has 0 aliphatic heterocycles. The second kappa shape index (κ2) is 6.94. The lowest BCUT2D eigenvalue weighted by Crippen LogP contribution is -2.37. The number of H-pyrrole nitrogens is 1. The molecule has 30 heavy (non-hydrogen) atoms. The fraction of sp³-hybridized carbons (Fsp3) is 0.368. The molecule has 3 N–H and O–H groups in total. The summed E-state index contributed by atoms with van der Waals surface area (Å²) in [5, 5.41) is 24.7. The fourth-order valence-electron chi connectivity index (χ4n) is 3.93. The van der Waals surface area contributed by atoms with Crippen LogP contribution in [0.3, 0.4) is 0 Å². The van der Waals surface area contributed by atoms with Gasteiger partial charge in [-0.3, -0.25) is 5.10 Å². The third kappa shape index (κ3) is 3.15. The van der Waals surface area contributed by atoms with Crippen LogP contribution >= 0.6 is 0 Å². The van der Waals surface area contributed by atoms with Gasteiger partial charge in [-0.2, -0.15) is 18.3 Å². The predicted octanol–water partition coefficient (Wildman–Crippen LogP) is 3.40. The number of pyridine rings is 1. The standard InChI is InChI=1S/C19H18F3N7O/c20-19(21,22)10-9-23-18(24-11-5-1-2-7-13(11)30)25-15(10)16-14-12-6-3-4-8-29(12)28-17(14)27-26-16/h3-4,6,8-9,11,13,30H,1-2,5,7H2,(H,27,28)(H,23,24,25)/t11-,13-/m1/s1. The van der Waals surface area contributed by atoms with E-state index in [2.05, 4.69) is 30.6 Å². The first kappa shape index (κ1) is 18.8. The topological polar surface area (TPSA) is 104 Å². The Labute approximate surface area is 168 Å². The molecule has 0 bridgehead atoms. The van der Waals surface area contributed by atoms with Crippen LogP contribution in [0.15, 0.2) is 30.6 Å². The zero-order valence-electron chi connectivity index (χ0n) is 15.7. The number of nitrogens with one attached hydrogen (secondary N) is 2. The molecule has 5 rings (SSSR count). The summed E-state index contributed by atoms with van der Waals surface area (Å²) in [5.41, 5.74) is -0.301. The minimum atomic E-state index is -4.66. The maximum absolute atomic E-state index is 13.7. The highest BCUT2D eigenvalue weighted by Gasteiger charge is 2.37. The molecule has 1 aliphatic carbocycles. The smallest absolute Gasteiger partial charge is 0.391 e. The summed E-state index contributed by atoms with van der Waals surface area (Å²) in [6.45, 7) is 0. The van der Waals surface area contributed by atoms with Crippen LogP contribution in [-0.4, -0.2) is 47.0 Å². The number of nitrogens with zero attached hydrogens (tertiary/aromatic N) is 5. The first-order chi connectivity index (χ1) is 14.4. The van der Waals surface area contributed by atoms with Gasteiger partial charge in [0.2, 0.25) is 5.95 Å². The van der Waals surface area contributed by atoms with Gasteiger partial charge in [0.15, 0.2) is 5.65 Å². The summed E-state index contributed by atoms with van der Waals surface area (Å²) in [7, 11) is 0. The van der Waals surface area contributed by atoms with Gasteiger partial charge in [0.05, 0.1) is 23.0 Å². The third-order valence-corrected chi connectivity index (χ3v) is 5.41. The Balaban J connectivity index is 1.65. The molecule has 4 heterocycles. The van der Waals surface area contributed by atoms with E-state index in [1.807, 2.05) is 0 Å². The second-order valence-electron chi connectivity index (χ2n) is 7.38. The third-order valence-electron chi connectivity index (χ3n) is 5.41. The molecule has 11 heteroatoms. The average Bonchev–Trinajstić information content (AvgIpc) is 3.28. The summed E-state index contributed by atoms with van der Waals surface area (Å²) < 4.78 is 42.8. The van der Waals surface area contributed by atoms with E-state index < -0.39 is 17.8 Å². The van der Waals surface area contributed by atoms with E-state index in [0.717, 1.165) is 19.0 Å². The second-order valence-corrected chi connectivity index (χ2v) is 7.38. The van der Waals surface area contributed by atoms with E-state index >= 15 is 0 Å². The number of rotatable bonds is 3. The lowest BCUT2D eigenvalue weighted by Gasteiger charge is -2.28. The molecule has 4 aromatic rings. The Morgan fingerprint density at radius 2 is 2.00 bits per heavy atom.